The Bertz CT molecular complexity index is 1200. The Morgan fingerprint density at radius 1 is 0.912 bits per heavy atom. The fourth-order valence-electron chi connectivity index (χ4n) is 4.76. The van der Waals surface area contributed by atoms with Gasteiger partial charge in [0, 0.05) is 13.0 Å². The fraction of sp³-hybridized carbons (Fsp3) is 0.250. The molecule has 0 fully saturated rings. The largest absolute Gasteiger partial charge is 0.497 e. The standard InChI is InChI=1S/C28H28N4O2/c1-3-26-30-27(34-31-26)21-18-29-20-32(19-21)28(22-10-6-4-7-11-22,23-12-8-5-9-13-23)24-14-16-25(33-2)17-15-24/h4-17,20-21H,3,18-19H2,1-2H3. The van der Waals surface area contributed by atoms with Gasteiger partial charge in [0.25, 0.3) is 0 Å². The molecule has 0 bridgehead atoms. The molecule has 6 heteroatoms. The number of aromatic nitrogens is 2. The molecule has 4 aromatic rings. The van der Waals surface area contributed by atoms with Crippen molar-refractivity contribution in [1.82, 2.24) is 15.0 Å². The Labute approximate surface area is 199 Å². The maximum atomic E-state index is 5.63. The number of methoxy groups -OCH3 is 1. The third-order valence-electron chi connectivity index (χ3n) is 6.43. The van der Waals surface area contributed by atoms with Crippen molar-refractivity contribution in [3.63, 3.8) is 0 Å². The minimum atomic E-state index is -0.607. The SMILES string of the molecule is CCc1noc(C2CN=CN(C(c3ccccc3)(c3ccccc3)c3ccc(OC)cc3)C2)n1. The molecule has 0 saturated heterocycles. The first-order valence-corrected chi connectivity index (χ1v) is 11.6. The lowest BCUT2D eigenvalue weighted by Gasteiger charge is -2.46. The summed E-state index contributed by atoms with van der Waals surface area (Å²) in [7, 11) is 1.69. The predicted octanol–water partition coefficient (Wildman–Crippen LogP) is 5.06. The summed E-state index contributed by atoms with van der Waals surface area (Å²) in [6.07, 6.45) is 2.71. The molecule has 1 aliphatic rings. The summed E-state index contributed by atoms with van der Waals surface area (Å²) in [6, 6.07) is 29.4. The molecule has 1 aromatic heterocycles. The van der Waals surface area contributed by atoms with Crippen molar-refractivity contribution >= 4 is 6.34 Å². The van der Waals surface area contributed by atoms with Gasteiger partial charge in [-0.3, -0.25) is 4.99 Å². The molecule has 172 valence electrons. The molecule has 34 heavy (non-hydrogen) atoms. The first kappa shape index (κ1) is 21.9. The summed E-state index contributed by atoms with van der Waals surface area (Å²) < 4.78 is 11.1. The lowest BCUT2D eigenvalue weighted by Crippen LogP contribution is -2.50. The number of ether oxygens (including phenoxy) is 1. The number of rotatable bonds is 7. The van der Waals surface area contributed by atoms with E-state index in [9.17, 15) is 0 Å². The van der Waals surface area contributed by atoms with Gasteiger partial charge < -0.3 is 14.2 Å². The van der Waals surface area contributed by atoms with Crippen molar-refractivity contribution < 1.29 is 9.26 Å². The first-order valence-electron chi connectivity index (χ1n) is 11.6. The van der Waals surface area contributed by atoms with Crippen molar-refractivity contribution in [2.45, 2.75) is 24.8 Å². The van der Waals surface area contributed by atoms with E-state index in [0.717, 1.165) is 34.7 Å². The highest BCUT2D eigenvalue weighted by Gasteiger charge is 2.43. The molecular weight excluding hydrogens is 424 g/mol. The monoisotopic (exact) mass is 452 g/mol. The van der Waals surface area contributed by atoms with Crippen molar-refractivity contribution in [3.8, 4) is 5.75 Å². The fourth-order valence-corrected chi connectivity index (χ4v) is 4.76. The Balaban J connectivity index is 1.69. The van der Waals surface area contributed by atoms with Gasteiger partial charge in [-0.05, 0) is 28.8 Å². The molecule has 2 heterocycles. The van der Waals surface area contributed by atoms with Gasteiger partial charge in [-0.25, -0.2) is 0 Å². The van der Waals surface area contributed by atoms with Crippen LogP contribution in [0, 0.1) is 0 Å². The van der Waals surface area contributed by atoms with Crippen LogP contribution in [0.5, 0.6) is 5.75 Å². The van der Waals surface area contributed by atoms with Gasteiger partial charge in [0.15, 0.2) is 5.82 Å². The maximum absolute atomic E-state index is 5.63. The van der Waals surface area contributed by atoms with Crippen LogP contribution in [0.2, 0.25) is 0 Å². The summed E-state index contributed by atoms with van der Waals surface area (Å²) in [4.78, 5) is 11.7. The van der Waals surface area contributed by atoms with Crippen LogP contribution in [-0.4, -0.2) is 41.6 Å². The van der Waals surface area contributed by atoms with Crippen molar-refractivity contribution in [2.75, 3.05) is 20.2 Å². The molecular formula is C28H28N4O2. The average Bonchev–Trinajstić information content (AvgIpc) is 3.41. The molecule has 1 aliphatic heterocycles. The van der Waals surface area contributed by atoms with Crippen molar-refractivity contribution in [1.29, 1.82) is 0 Å². The van der Waals surface area contributed by atoms with E-state index in [4.69, 9.17) is 14.3 Å². The summed E-state index contributed by atoms with van der Waals surface area (Å²) in [5, 5.41) is 4.12. The van der Waals surface area contributed by atoms with Gasteiger partial charge in [-0.1, -0.05) is 84.9 Å². The summed E-state index contributed by atoms with van der Waals surface area (Å²) in [5.74, 6) is 2.19. The Hall–Kier alpha value is -3.93. The second-order valence-corrected chi connectivity index (χ2v) is 8.40. The topological polar surface area (TPSA) is 63.8 Å². The van der Waals surface area contributed by atoms with Gasteiger partial charge in [0.2, 0.25) is 5.89 Å². The number of benzene rings is 3. The Morgan fingerprint density at radius 3 is 2.09 bits per heavy atom. The summed E-state index contributed by atoms with van der Waals surface area (Å²) in [5.41, 5.74) is 2.82. The minimum Gasteiger partial charge on any atom is -0.497 e. The summed E-state index contributed by atoms with van der Waals surface area (Å²) >= 11 is 0. The first-order chi connectivity index (χ1) is 16.8. The summed E-state index contributed by atoms with van der Waals surface area (Å²) in [6.45, 7) is 3.33. The van der Waals surface area contributed by atoms with Crippen LogP contribution >= 0.6 is 0 Å². The van der Waals surface area contributed by atoms with Gasteiger partial charge in [-0.2, -0.15) is 4.98 Å². The zero-order valence-corrected chi connectivity index (χ0v) is 19.5. The van der Waals surface area contributed by atoms with E-state index in [-0.39, 0.29) is 5.92 Å². The molecule has 3 aromatic carbocycles. The molecule has 1 unspecified atom stereocenters. The molecule has 0 N–H and O–H groups in total. The van der Waals surface area contributed by atoms with E-state index in [1.54, 1.807) is 7.11 Å². The highest BCUT2D eigenvalue weighted by Crippen LogP contribution is 2.43. The van der Waals surface area contributed by atoms with E-state index >= 15 is 0 Å². The number of aryl methyl sites for hydroxylation is 1. The number of hydrogen-bond acceptors (Lipinski definition) is 6. The van der Waals surface area contributed by atoms with E-state index in [0.29, 0.717) is 19.0 Å². The highest BCUT2D eigenvalue weighted by molar-refractivity contribution is 5.65. The number of hydrogen-bond donors (Lipinski definition) is 0. The predicted molar refractivity (Wildman–Crippen MR) is 132 cm³/mol. The minimum absolute atomic E-state index is 0.00264. The van der Waals surface area contributed by atoms with Gasteiger partial charge >= 0.3 is 0 Å². The Morgan fingerprint density at radius 2 is 1.53 bits per heavy atom. The number of aliphatic imine (C=N–C) groups is 1. The normalized spacial score (nSPS) is 15.9. The second-order valence-electron chi connectivity index (χ2n) is 8.40. The van der Waals surface area contributed by atoms with E-state index in [1.807, 2.05) is 37.5 Å². The van der Waals surface area contributed by atoms with E-state index in [2.05, 4.69) is 75.7 Å². The molecule has 6 nitrogen and oxygen atoms in total. The van der Waals surface area contributed by atoms with Crippen LogP contribution in [0.1, 0.15) is 41.2 Å². The molecule has 0 spiro atoms. The van der Waals surface area contributed by atoms with Gasteiger partial charge in [0.1, 0.15) is 11.3 Å². The third kappa shape index (κ3) is 3.85. The van der Waals surface area contributed by atoms with E-state index < -0.39 is 5.54 Å². The zero-order valence-electron chi connectivity index (χ0n) is 19.5. The number of nitrogens with zero attached hydrogens (tertiary/aromatic N) is 4. The van der Waals surface area contributed by atoms with Crippen LogP contribution in [0.3, 0.4) is 0 Å². The smallest absolute Gasteiger partial charge is 0.233 e. The van der Waals surface area contributed by atoms with Crippen LogP contribution in [-0.2, 0) is 12.0 Å². The van der Waals surface area contributed by atoms with Crippen LogP contribution in [0.4, 0.5) is 0 Å². The molecule has 0 amide bonds. The molecule has 1 atom stereocenters. The van der Waals surface area contributed by atoms with Crippen molar-refractivity contribution in [2.24, 2.45) is 4.99 Å². The van der Waals surface area contributed by atoms with Gasteiger partial charge in [-0.15, -0.1) is 0 Å². The molecule has 0 saturated carbocycles. The lowest BCUT2D eigenvalue weighted by atomic mass is 9.75. The zero-order chi connectivity index (χ0) is 23.4. The third-order valence-corrected chi connectivity index (χ3v) is 6.43. The van der Waals surface area contributed by atoms with Crippen LogP contribution in [0.25, 0.3) is 0 Å². The second kappa shape index (κ2) is 9.51. The maximum Gasteiger partial charge on any atom is 0.233 e. The molecule has 5 rings (SSSR count). The van der Waals surface area contributed by atoms with Gasteiger partial charge in [0.05, 0.1) is 25.9 Å². The average molecular weight is 453 g/mol. The van der Waals surface area contributed by atoms with E-state index in [1.165, 1.54) is 0 Å². The van der Waals surface area contributed by atoms with Crippen molar-refractivity contribution in [3.05, 3.63) is 113 Å². The van der Waals surface area contributed by atoms with Crippen LogP contribution in [0.15, 0.2) is 94.4 Å². The highest BCUT2D eigenvalue weighted by atomic mass is 16.5. The molecule has 0 radical (unpaired) electrons. The Kier molecular flexibility index (Phi) is 6.12. The lowest BCUT2D eigenvalue weighted by molar-refractivity contribution is 0.228. The van der Waals surface area contributed by atoms with Crippen LogP contribution < -0.4 is 4.74 Å². The molecule has 0 aliphatic carbocycles. The quantitative estimate of drug-likeness (QED) is 0.367.